The van der Waals surface area contributed by atoms with Crippen molar-refractivity contribution in [2.24, 2.45) is 11.5 Å². The van der Waals surface area contributed by atoms with E-state index in [9.17, 15) is 40.9 Å². The number of thiophene rings is 1. The van der Waals surface area contributed by atoms with Crippen LogP contribution in [0.5, 0.6) is 0 Å². The summed E-state index contributed by atoms with van der Waals surface area (Å²) in [4.78, 5) is 0.896. The van der Waals surface area contributed by atoms with Crippen LogP contribution in [-0.4, -0.2) is 153 Å². The zero-order chi connectivity index (χ0) is 29.1. The van der Waals surface area contributed by atoms with Crippen LogP contribution in [0.25, 0.3) is 0 Å². The van der Waals surface area contributed by atoms with Crippen LogP contribution in [0.3, 0.4) is 0 Å². The van der Waals surface area contributed by atoms with Gasteiger partial charge in [-0.2, -0.15) is 0 Å². The number of aliphatic hydroxyl groups excluding tert-OH is 8. The molecule has 3 fully saturated rings. The Labute approximate surface area is 233 Å². The Morgan fingerprint density at radius 1 is 0.750 bits per heavy atom. The molecule has 3 saturated heterocycles. The molecule has 17 heteroatoms. The quantitative estimate of drug-likeness (QED) is 0.120. The highest BCUT2D eigenvalue weighted by molar-refractivity contribution is 7.09. The van der Waals surface area contributed by atoms with E-state index in [4.69, 9.17) is 35.2 Å². The molecule has 230 valence electrons. The number of ether oxygens (including phenoxy) is 5. The molecule has 1 aromatic rings. The normalized spacial score (nSPS) is 46.4. The van der Waals surface area contributed by atoms with E-state index in [0.717, 1.165) is 4.88 Å². The van der Waals surface area contributed by atoms with Crippen molar-refractivity contribution in [1.29, 1.82) is 0 Å². The van der Waals surface area contributed by atoms with E-state index in [1.165, 1.54) is 11.3 Å². The van der Waals surface area contributed by atoms with Gasteiger partial charge in [-0.05, 0) is 11.4 Å². The summed E-state index contributed by atoms with van der Waals surface area (Å²) < 4.78 is 28.6. The van der Waals surface area contributed by atoms with E-state index in [1.54, 1.807) is 0 Å². The third-order valence-corrected chi connectivity index (χ3v) is 8.25. The predicted octanol–water partition coefficient (Wildman–Crippen LogP) is -5.78. The Kier molecular flexibility index (Phi) is 11.2. The van der Waals surface area contributed by atoms with Gasteiger partial charge in [0.05, 0.1) is 37.9 Å². The van der Waals surface area contributed by atoms with Crippen LogP contribution in [0.4, 0.5) is 0 Å². The second kappa shape index (κ2) is 14.0. The summed E-state index contributed by atoms with van der Waals surface area (Å²) in [5.41, 5.74) is 11.8. The van der Waals surface area contributed by atoms with E-state index < -0.39 is 112 Å². The maximum absolute atomic E-state index is 11.5. The number of hydrogen-bond acceptors (Lipinski definition) is 17. The van der Waals surface area contributed by atoms with Crippen molar-refractivity contribution in [3.8, 4) is 0 Å². The molecule has 4 rings (SSSR count). The first-order valence-electron chi connectivity index (χ1n) is 12.9. The van der Waals surface area contributed by atoms with Gasteiger partial charge >= 0.3 is 0 Å². The number of rotatable bonds is 10. The van der Waals surface area contributed by atoms with Gasteiger partial charge in [0.25, 0.3) is 0 Å². The van der Waals surface area contributed by atoms with Crippen LogP contribution in [0, 0.1) is 0 Å². The molecule has 15 atom stereocenters. The molecule has 0 bridgehead atoms. The molecule has 3 aliphatic heterocycles. The van der Waals surface area contributed by atoms with Gasteiger partial charge in [-0.25, -0.2) is 0 Å². The maximum atomic E-state index is 11.5. The summed E-state index contributed by atoms with van der Waals surface area (Å²) in [5, 5.41) is 86.9. The van der Waals surface area contributed by atoms with Crippen molar-refractivity contribution in [2.75, 3.05) is 19.8 Å². The topological polar surface area (TPSA) is 272 Å². The SMILES string of the molecule is N[C@H]1[C@H](OC2[C@@H](CO)O[C@@H](OC3[C@@H](CO)O[C@@H](O)[C@H](N)[C@H]3O)[C@H](NCc3cccs3)[C@H]2O)O[C@H](CO)[C@@H](O)[C@@H]1O. The van der Waals surface area contributed by atoms with E-state index >= 15 is 0 Å². The van der Waals surface area contributed by atoms with Gasteiger partial charge < -0.3 is 81.3 Å². The van der Waals surface area contributed by atoms with Crippen LogP contribution in [0.1, 0.15) is 4.88 Å². The smallest absolute Gasteiger partial charge is 0.176 e. The molecular formula is C23H39N3O13S. The first-order chi connectivity index (χ1) is 19.1. The predicted molar refractivity (Wildman–Crippen MR) is 134 cm³/mol. The average molecular weight is 598 g/mol. The van der Waals surface area contributed by atoms with E-state index in [2.05, 4.69) is 5.32 Å². The molecular weight excluding hydrogens is 558 g/mol. The summed E-state index contributed by atoms with van der Waals surface area (Å²) >= 11 is 1.45. The molecule has 1 aromatic heterocycles. The Morgan fingerprint density at radius 3 is 1.98 bits per heavy atom. The van der Waals surface area contributed by atoms with Crippen molar-refractivity contribution in [1.82, 2.24) is 5.32 Å². The van der Waals surface area contributed by atoms with E-state index in [1.807, 2.05) is 17.5 Å². The van der Waals surface area contributed by atoms with Crippen LogP contribution >= 0.6 is 11.3 Å². The van der Waals surface area contributed by atoms with Crippen molar-refractivity contribution < 1.29 is 64.5 Å². The molecule has 0 radical (unpaired) electrons. The zero-order valence-electron chi connectivity index (χ0n) is 21.4. The van der Waals surface area contributed by atoms with Crippen LogP contribution < -0.4 is 16.8 Å². The van der Waals surface area contributed by atoms with Gasteiger partial charge in [-0.1, -0.05) is 6.07 Å². The summed E-state index contributed by atoms with van der Waals surface area (Å²) in [6.07, 6.45) is -16.5. The molecule has 4 heterocycles. The summed E-state index contributed by atoms with van der Waals surface area (Å²) in [7, 11) is 0. The van der Waals surface area contributed by atoms with E-state index in [0.29, 0.717) is 0 Å². The van der Waals surface area contributed by atoms with Gasteiger partial charge in [0.1, 0.15) is 54.9 Å². The highest BCUT2D eigenvalue weighted by atomic mass is 32.1. The monoisotopic (exact) mass is 597 g/mol. The highest BCUT2D eigenvalue weighted by Gasteiger charge is 2.53. The molecule has 13 N–H and O–H groups in total. The fraction of sp³-hybridized carbons (Fsp3) is 0.826. The van der Waals surface area contributed by atoms with Gasteiger partial charge in [-0.15, -0.1) is 11.3 Å². The minimum Gasteiger partial charge on any atom is -0.394 e. The van der Waals surface area contributed by atoms with Crippen molar-refractivity contribution >= 4 is 11.3 Å². The first-order valence-corrected chi connectivity index (χ1v) is 13.8. The molecule has 0 amide bonds. The molecule has 0 saturated carbocycles. The molecule has 0 spiro atoms. The standard InChI is InChI=1S/C23H39N3O13S/c24-12-17(32)19(10(6-28)35-21(12)34)39-23-14(26-4-8-2-1-3-40-8)18(33)20(11(7-29)37-23)38-22-13(25)16(31)15(30)9(5-27)36-22/h1-3,9-23,26-34H,4-7,24-25H2/t9-,10-,11-,12-,13-,14-,15-,16-,17-,18-,19?,20?,21-,22+,23+/m1/s1. The Morgan fingerprint density at radius 2 is 1.35 bits per heavy atom. The number of nitrogens with one attached hydrogen (secondary N) is 1. The third kappa shape index (κ3) is 6.66. The minimum atomic E-state index is -1.56. The van der Waals surface area contributed by atoms with Crippen LogP contribution in [-0.2, 0) is 30.2 Å². The second-order valence-corrected chi connectivity index (χ2v) is 11.0. The number of aliphatic hydroxyl groups is 8. The maximum Gasteiger partial charge on any atom is 0.176 e. The van der Waals surface area contributed by atoms with Crippen LogP contribution in [0.15, 0.2) is 17.5 Å². The summed E-state index contributed by atoms with van der Waals surface area (Å²) in [5.74, 6) is 0. The molecule has 16 nitrogen and oxygen atoms in total. The fourth-order valence-electron chi connectivity index (χ4n) is 5.01. The largest absolute Gasteiger partial charge is 0.394 e. The lowest BCUT2D eigenvalue weighted by atomic mass is 9.94. The lowest BCUT2D eigenvalue weighted by Gasteiger charge is -2.49. The van der Waals surface area contributed by atoms with Gasteiger partial charge in [0.2, 0.25) is 0 Å². The van der Waals surface area contributed by atoms with Crippen molar-refractivity contribution in [2.45, 2.75) is 98.5 Å². The molecule has 40 heavy (non-hydrogen) atoms. The number of hydrogen-bond donors (Lipinski definition) is 11. The van der Waals surface area contributed by atoms with E-state index in [-0.39, 0.29) is 6.54 Å². The summed E-state index contributed by atoms with van der Waals surface area (Å²) in [6.45, 7) is -1.71. The van der Waals surface area contributed by atoms with Crippen LogP contribution in [0.2, 0.25) is 0 Å². The Bertz CT molecular complexity index is 901. The number of nitrogens with two attached hydrogens (primary N) is 2. The minimum absolute atomic E-state index is 0.251. The van der Waals surface area contributed by atoms with Crippen molar-refractivity contribution in [3.05, 3.63) is 22.4 Å². The Hall–Kier alpha value is -0.940. The molecule has 3 aliphatic rings. The molecule has 0 aromatic carbocycles. The lowest BCUT2D eigenvalue weighted by Crippen LogP contribution is -2.69. The third-order valence-electron chi connectivity index (χ3n) is 7.38. The summed E-state index contributed by atoms with van der Waals surface area (Å²) in [6, 6.07) is 0.0720. The van der Waals surface area contributed by atoms with Gasteiger partial charge in [0.15, 0.2) is 18.9 Å². The zero-order valence-corrected chi connectivity index (χ0v) is 22.2. The first kappa shape index (κ1) is 32.0. The van der Waals surface area contributed by atoms with Gasteiger partial charge in [-0.3, -0.25) is 0 Å². The Balaban J connectivity index is 1.57. The van der Waals surface area contributed by atoms with Gasteiger partial charge in [0, 0.05) is 11.4 Å². The average Bonchev–Trinajstić information content (AvgIpc) is 3.47. The molecule has 2 unspecified atom stereocenters. The highest BCUT2D eigenvalue weighted by Crippen LogP contribution is 2.32. The molecule has 0 aliphatic carbocycles. The fourth-order valence-corrected chi connectivity index (χ4v) is 5.66. The second-order valence-electron chi connectivity index (χ2n) is 10.0. The van der Waals surface area contributed by atoms with Crippen molar-refractivity contribution in [3.63, 3.8) is 0 Å². The lowest BCUT2D eigenvalue weighted by molar-refractivity contribution is -0.350.